The van der Waals surface area contributed by atoms with E-state index in [1.54, 1.807) is 18.2 Å². The van der Waals surface area contributed by atoms with Gasteiger partial charge in [-0.25, -0.2) is 13.6 Å². The van der Waals surface area contributed by atoms with Gasteiger partial charge in [-0.3, -0.25) is 0 Å². The Bertz CT molecular complexity index is 462. The van der Waals surface area contributed by atoms with E-state index >= 15 is 0 Å². The van der Waals surface area contributed by atoms with Gasteiger partial charge in [-0.1, -0.05) is 36.4 Å². The number of rotatable bonds is 1. The highest BCUT2D eigenvalue weighted by molar-refractivity contribution is 7.89. The third kappa shape index (κ3) is 1.38. The molecule has 68 valence electrons. The van der Waals surface area contributed by atoms with Crippen LogP contribution in [0.1, 0.15) is 16.4 Å². The van der Waals surface area contributed by atoms with Gasteiger partial charge in [0.05, 0.1) is 0 Å². The molecule has 2 N–H and O–H groups in total. The zero-order valence-electron chi connectivity index (χ0n) is 6.84. The molecular weight excluding hydrogens is 186 g/mol. The van der Waals surface area contributed by atoms with Crippen molar-refractivity contribution in [3.05, 3.63) is 41.5 Å². The first-order valence-corrected chi connectivity index (χ1v) is 5.49. The molecule has 0 aliphatic heterocycles. The second kappa shape index (κ2) is 2.68. The van der Waals surface area contributed by atoms with E-state index in [9.17, 15) is 8.42 Å². The molecule has 4 heteroatoms. The lowest BCUT2D eigenvalue weighted by Gasteiger charge is -2.07. The molecule has 1 aromatic carbocycles. The van der Waals surface area contributed by atoms with Crippen LogP contribution in [0.3, 0.4) is 0 Å². The van der Waals surface area contributed by atoms with Gasteiger partial charge >= 0.3 is 0 Å². The Morgan fingerprint density at radius 3 is 2.62 bits per heavy atom. The average molecular weight is 195 g/mol. The van der Waals surface area contributed by atoms with Crippen molar-refractivity contribution in [2.24, 2.45) is 5.14 Å². The first kappa shape index (κ1) is 8.47. The number of hydrogen-bond acceptors (Lipinski definition) is 2. The van der Waals surface area contributed by atoms with E-state index in [0.717, 1.165) is 11.1 Å². The summed E-state index contributed by atoms with van der Waals surface area (Å²) in [6, 6.07) is 7.33. The molecule has 1 atom stereocenters. The maximum absolute atomic E-state index is 11.1. The molecule has 0 heterocycles. The molecule has 13 heavy (non-hydrogen) atoms. The first-order chi connectivity index (χ1) is 6.09. The number of benzene rings is 1. The largest absolute Gasteiger partial charge is 0.228 e. The highest BCUT2D eigenvalue weighted by Crippen LogP contribution is 2.32. The van der Waals surface area contributed by atoms with Crippen LogP contribution in [0.25, 0.3) is 6.08 Å². The van der Waals surface area contributed by atoms with E-state index in [-0.39, 0.29) is 0 Å². The van der Waals surface area contributed by atoms with E-state index in [0.29, 0.717) is 0 Å². The molecular formula is C9H9NO2S. The third-order valence-corrected chi connectivity index (χ3v) is 3.23. The molecule has 0 aromatic heterocycles. The third-order valence-electron chi connectivity index (χ3n) is 2.11. The number of hydrogen-bond donors (Lipinski definition) is 1. The Balaban J connectivity index is 2.57. The van der Waals surface area contributed by atoms with Crippen molar-refractivity contribution in [2.45, 2.75) is 5.25 Å². The van der Waals surface area contributed by atoms with Crippen molar-refractivity contribution in [1.29, 1.82) is 0 Å². The van der Waals surface area contributed by atoms with Crippen LogP contribution in [-0.2, 0) is 10.0 Å². The number of fused-ring (bicyclic) bond motifs is 1. The van der Waals surface area contributed by atoms with E-state index in [4.69, 9.17) is 5.14 Å². The highest BCUT2D eigenvalue weighted by atomic mass is 32.2. The maximum atomic E-state index is 11.1. The van der Waals surface area contributed by atoms with Gasteiger partial charge in [-0.2, -0.15) is 0 Å². The molecule has 1 aliphatic carbocycles. The van der Waals surface area contributed by atoms with Crippen molar-refractivity contribution in [2.75, 3.05) is 0 Å². The fourth-order valence-corrected chi connectivity index (χ4v) is 2.37. The van der Waals surface area contributed by atoms with E-state index in [1.807, 2.05) is 18.2 Å². The second-order valence-electron chi connectivity index (χ2n) is 3.00. The molecule has 0 fully saturated rings. The molecule has 0 saturated heterocycles. The minimum absolute atomic E-state index is 0.663. The zero-order valence-corrected chi connectivity index (χ0v) is 7.66. The van der Waals surface area contributed by atoms with Gasteiger partial charge in [-0.15, -0.1) is 0 Å². The van der Waals surface area contributed by atoms with Gasteiger partial charge in [-0.05, 0) is 11.1 Å². The summed E-state index contributed by atoms with van der Waals surface area (Å²) in [7, 11) is -3.50. The molecule has 0 spiro atoms. The zero-order chi connectivity index (χ0) is 9.47. The Kier molecular flexibility index (Phi) is 1.75. The monoisotopic (exact) mass is 195 g/mol. The topological polar surface area (TPSA) is 60.2 Å². The lowest BCUT2D eigenvalue weighted by Crippen LogP contribution is -2.19. The number of sulfonamides is 1. The molecule has 1 unspecified atom stereocenters. The van der Waals surface area contributed by atoms with E-state index in [1.165, 1.54) is 0 Å². The second-order valence-corrected chi connectivity index (χ2v) is 4.68. The van der Waals surface area contributed by atoms with Gasteiger partial charge in [0.2, 0.25) is 10.0 Å². The summed E-state index contributed by atoms with van der Waals surface area (Å²) in [4.78, 5) is 0. The molecule has 3 nitrogen and oxygen atoms in total. The van der Waals surface area contributed by atoms with Gasteiger partial charge in [0.15, 0.2) is 0 Å². The lowest BCUT2D eigenvalue weighted by molar-refractivity contribution is 0.592. The molecule has 0 radical (unpaired) electrons. The standard InChI is InChI=1S/C9H9NO2S/c10-13(11,12)9-6-5-7-3-1-2-4-8(7)9/h1-6,9H,(H2,10,11,12). The van der Waals surface area contributed by atoms with Gasteiger partial charge < -0.3 is 0 Å². The van der Waals surface area contributed by atoms with Gasteiger partial charge in [0, 0.05) is 0 Å². The van der Waals surface area contributed by atoms with Crippen LogP contribution in [-0.4, -0.2) is 8.42 Å². The molecule has 1 aliphatic rings. The van der Waals surface area contributed by atoms with Crippen molar-refractivity contribution in [3.8, 4) is 0 Å². The highest BCUT2D eigenvalue weighted by Gasteiger charge is 2.25. The quantitative estimate of drug-likeness (QED) is 0.728. The Labute approximate surface area is 76.9 Å². The summed E-state index contributed by atoms with van der Waals surface area (Å²) in [5.74, 6) is 0. The SMILES string of the molecule is NS(=O)(=O)C1C=Cc2ccccc21. The molecule has 1 aromatic rings. The van der Waals surface area contributed by atoms with E-state index < -0.39 is 15.3 Å². The van der Waals surface area contributed by atoms with Crippen LogP contribution in [0.15, 0.2) is 30.3 Å². The van der Waals surface area contributed by atoms with Crippen LogP contribution < -0.4 is 5.14 Å². The van der Waals surface area contributed by atoms with Crippen LogP contribution in [0.2, 0.25) is 0 Å². The van der Waals surface area contributed by atoms with Crippen LogP contribution in [0, 0.1) is 0 Å². The van der Waals surface area contributed by atoms with Crippen LogP contribution in [0.5, 0.6) is 0 Å². The molecule has 0 bridgehead atoms. The summed E-state index contributed by atoms with van der Waals surface area (Å²) in [5, 5.41) is 4.41. The first-order valence-electron chi connectivity index (χ1n) is 3.88. The summed E-state index contributed by atoms with van der Waals surface area (Å²) in [6.45, 7) is 0. The summed E-state index contributed by atoms with van der Waals surface area (Å²) < 4.78 is 22.2. The smallest absolute Gasteiger partial charge is 0.219 e. The van der Waals surface area contributed by atoms with Crippen LogP contribution >= 0.6 is 0 Å². The Morgan fingerprint density at radius 2 is 1.92 bits per heavy atom. The maximum Gasteiger partial charge on any atom is 0.219 e. The molecule has 0 amide bonds. The van der Waals surface area contributed by atoms with Crippen molar-refractivity contribution in [3.63, 3.8) is 0 Å². The van der Waals surface area contributed by atoms with E-state index in [2.05, 4.69) is 0 Å². The normalized spacial score (nSPS) is 20.2. The van der Waals surface area contributed by atoms with Crippen molar-refractivity contribution in [1.82, 2.24) is 0 Å². The Morgan fingerprint density at radius 1 is 1.23 bits per heavy atom. The number of primary sulfonamides is 1. The molecule has 0 saturated carbocycles. The lowest BCUT2D eigenvalue weighted by atomic mass is 10.1. The Hall–Kier alpha value is -1.13. The summed E-state index contributed by atoms with van der Waals surface area (Å²) in [6.07, 6.45) is 3.39. The number of nitrogens with two attached hydrogens (primary N) is 1. The minimum Gasteiger partial charge on any atom is -0.228 e. The predicted molar refractivity (Wildman–Crippen MR) is 51.3 cm³/mol. The summed E-state index contributed by atoms with van der Waals surface area (Å²) in [5.41, 5.74) is 1.70. The van der Waals surface area contributed by atoms with Gasteiger partial charge in [0.1, 0.15) is 5.25 Å². The van der Waals surface area contributed by atoms with Crippen molar-refractivity contribution < 1.29 is 8.42 Å². The van der Waals surface area contributed by atoms with Gasteiger partial charge in [0.25, 0.3) is 0 Å². The minimum atomic E-state index is -3.50. The fourth-order valence-electron chi connectivity index (χ4n) is 1.50. The average Bonchev–Trinajstić information content (AvgIpc) is 2.45. The van der Waals surface area contributed by atoms with Crippen molar-refractivity contribution >= 4 is 16.1 Å². The molecule has 2 rings (SSSR count). The fraction of sp³-hybridized carbons (Fsp3) is 0.111. The summed E-state index contributed by atoms with van der Waals surface area (Å²) >= 11 is 0. The predicted octanol–water partition coefficient (Wildman–Crippen LogP) is 1.04. The van der Waals surface area contributed by atoms with Crippen LogP contribution in [0.4, 0.5) is 0 Å².